The number of primary amides is 1. The Labute approximate surface area is 174 Å². The van der Waals surface area contributed by atoms with Crippen LogP contribution in [0.4, 0.5) is 4.79 Å². The molecule has 7 heteroatoms. The highest BCUT2D eigenvalue weighted by molar-refractivity contribution is 5.94. The summed E-state index contributed by atoms with van der Waals surface area (Å²) in [4.78, 5) is 30.3. The van der Waals surface area contributed by atoms with Crippen LogP contribution in [0.5, 0.6) is 0 Å². The molecule has 152 valence electrons. The molecule has 4 rings (SSSR count). The third-order valence-corrected chi connectivity index (χ3v) is 5.35. The summed E-state index contributed by atoms with van der Waals surface area (Å²) in [6.45, 7) is 0.203. The maximum Gasteiger partial charge on any atom is 0.315 e. The van der Waals surface area contributed by atoms with E-state index in [0.29, 0.717) is 12.1 Å². The number of nitrogens with two attached hydrogens (primary N) is 1. The molecule has 4 N–H and O–H groups in total. The molecule has 2 heterocycles. The van der Waals surface area contributed by atoms with Crippen molar-refractivity contribution >= 4 is 11.9 Å². The molecule has 30 heavy (non-hydrogen) atoms. The van der Waals surface area contributed by atoms with E-state index in [9.17, 15) is 14.7 Å². The van der Waals surface area contributed by atoms with E-state index in [1.54, 1.807) is 29.4 Å². The summed E-state index contributed by atoms with van der Waals surface area (Å²) in [6.07, 6.45) is 3.43. The Morgan fingerprint density at radius 3 is 2.53 bits per heavy atom. The molecule has 3 amide bonds. The molecule has 0 bridgehead atoms. The van der Waals surface area contributed by atoms with Crippen molar-refractivity contribution < 1.29 is 14.7 Å². The third kappa shape index (κ3) is 3.75. The number of hydrogen-bond donors (Lipinski definition) is 3. The van der Waals surface area contributed by atoms with Crippen LogP contribution in [0.1, 0.15) is 44.7 Å². The molecular weight excluding hydrogens is 380 g/mol. The van der Waals surface area contributed by atoms with Crippen molar-refractivity contribution in [2.24, 2.45) is 5.73 Å². The molecule has 2 atom stereocenters. The average Bonchev–Trinajstić information content (AvgIpc) is 3.18. The predicted molar refractivity (Wildman–Crippen MR) is 111 cm³/mol. The number of urea groups is 1. The van der Waals surface area contributed by atoms with Gasteiger partial charge in [-0.15, -0.1) is 0 Å². The van der Waals surface area contributed by atoms with E-state index < -0.39 is 12.1 Å². The number of aliphatic hydroxyl groups is 1. The molecule has 0 spiro atoms. The highest BCUT2D eigenvalue weighted by atomic mass is 16.3. The second-order valence-electron chi connectivity index (χ2n) is 7.18. The highest BCUT2D eigenvalue weighted by Gasteiger charge is 2.33. The summed E-state index contributed by atoms with van der Waals surface area (Å²) in [6, 6.07) is 17.0. The molecule has 0 fully saturated rings. The van der Waals surface area contributed by atoms with E-state index in [1.807, 2.05) is 48.5 Å². The topological polar surface area (TPSA) is 109 Å². The zero-order chi connectivity index (χ0) is 21.1. The van der Waals surface area contributed by atoms with Gasteiger partial charge in [0, 0.05) is 18.0 Å². The van der Waals surface area contributed by atoms with Gasteiger partial charge >= 0.3 is 6.03 Å². The van der Waals surface area contributed by atoms with Gasteiger partial charge in [-0.25, -0.2) is 4.79 Å². The van der Waals surface area contributed by atoms with Crippen LogP contribution < -0.4 is 11.1 Å². The number of carbonyl (C=O) groups excluding carboxylic acids is 2. The van der Waals surface area contributed by atoms with E-state index in [1.165, 1.54) is 0 Å². The Balaban J connectivity index is 1.55. The summed E-state index contributed by atoms with van der Waals surface area (Å²) in [5, 5.41) is 12.5. The molecule has 0 saturated carbocycles. The maximum absolute atomic E-state index is 12.7. The second-order valence-corrected chi connectivity index (χ2v) is 7.18. The number of pyridine rings is 1. The fraction of sp³-hybridized carbons (Fsp3) is 0.174. The van der Waals surface area contributed by atoms with Crippen molar-refractivity contribution in [2.45, 2.75) is 18.6 Å². The Bertz CT molecular complexity index is 1050. The lowest BCUT2D eigenvalue weighted by Gasteiger charge is -2.24. The van der Waals surface area contributed by atoms with Crippen molar-refractivity contribution in [3.63, 3.8) is 0 Å². The largest absolute Gasteiger partial charge is 0.394 e. The van der Waals surface area contributed by atoms with Crippen LogP contribution in [0.15, 0.2) is 73.1 Å². The zero-order valence-electron chi connectivity index (χ0n) is 16.2. The van der Waals surface area contributed by atoms with Crippen molar-refractivity contribution in [1.29, 1.82) is 0 Å². The van der Waals surface area contributed by atoms with E-state index >= 15 is 0 Å². The summed E-state index contributed by atoms with van der Waals surface area (Å²) in [5.74, 6) is -0.285. The minimum Gasteiger partial charge on any atom is -0.394 e. The first-order valence-corrected chi connectivity index (χ1v) is 9.64. The maximum atomic E-state index is 12.7. The summed E-state index contributed by atoms with van der Waals surface area (Å²) >= 11 is 0. The van der Waals surface area contributed by atoms with Crippen LogP contribution in [-0.2, 0) is 6.54 Å². The van der Waals surface area contributed by atoms with Crippen molar-refractivity contribution in [3.8, 4) is 0 Å². The fourth-order valence-electron chi connectivity index (χ4n) is 3.82. The van der Waals surface area contributed by atoms with Gasteiger partial charge in [0.05, 0.1) is 25.2 Å². The minimum atomic E-state index is -0.508. The van der Waals surface area contributed by atoms with Gasteiger partial charge < -0.3 is 21.1 Å². The van der Waals surface area contributed by atoms with E-state index in [4.69, 9.17) is 5.73 Å². The van der Waals surface area contributed by atoms with Crippen LogP contribution in [0.25, 0.3) is 0 Å². The number of rotatable bonds is 5. The van der Waals surface area contributed by atoms with Gasteiger partial charge in [0.1, 0.15) is 0 Å². The smallest absolute Gasteiger partial charge is 0.315 e. The number of aromatic nitrogens is 1. The lowest BCUT2D eigenvalue weighted by atomic mass is 9.98. The van der Waals surface area contributed by atoms with Gasteiger partial charge in [0.2, 0.25) is 0 Å². The summed E-state index contributed by atoms with van der Waals surface area (Å²) in [7, 11) is 0. The van der Waals surface area contributed by atoms with Gasteiger partial charge in [-0.05, 0) is 40.5 Å². The number of amides is 3. The molecular formula is C23H22N4O3. The molecule has 7 nitrogen and oxygen atoms in total. The van der Waals surface area contributed by atoms with Gasteiger partial charge in [-0.1, -0.05) is 42.5 Å². The number of nitrogens with zero attached hydrogens (tertiary/aromatic N) is 2. The molecule has 1 aliphatic rings. The first-order valence-electron chi connectivity index (χ1n) is 9.64. The number of aliphatic hydroxyl groups excluding tert-OH is 1. The lowest BCUT2D eigenvalue weighted by Crippen LogP contribution is -2.34. The predicted octanol–water partition coefficient (Wildman–Crippen LogP) is 2.53. The first kappa shape index (κ1) is 19.6. The molecule has 0 saturated heterocycles. The van der Waals surface area contributed by atoms with Gasteiger partial charge in [0.25, 0.3) is 5.91 Å². The van der Waals surface area contributed by atoms with Gasteiger partial charge in [-0.3, -0.25) is 9.78 Å². The fourth-order valence-corrected chi connectivity index (χ4v) is 3.82. The average molecular weight is 402 g/mol. The van der Waals surface area contributed by atoms with Crippen LogP contribution in [-0.4, -0.2) is 33.5 Å². The van der Waals surface area contributed by atoms with Crippen molar-refractivity contribution in [3.05, 3.63) is 101 Å². The molecule has 1 unspecified atom stereocenters. The molecule has 0 radical (unpaired) electrons. The van der Waals surface area contributed by atoms with E-state index in [-0.39, 0.29) is 18.6 Å². The Hall–Kier alpha value is -3.71. The number of benzene rings is 2. The number of carbonyl (C=O) groups is 2. The summed E-state index contributed by atoms with van der Waals surface area (Å²) < 4.78 is 0. The number of nitrogens with one attached hydrogen (secondary N) is 1. The minimum absolute atomic E-state index is 0.200. The second kappa shape index (κ2) is 8.34. The molecule has 1 aromatic heterocycles. The highest BCUT2D eigenvalue weighted by Crippen LogP contribution is 2.37. The molecule has 0 aliphatic carbocycles. The Morgan fingerprint density at radius 1 is 1.13 bits per heavy atom. The SMILES string of the molecule is NC(=O)N1Cc2cnccc2C1c1ccc(C(=O)N[C@H](CO)c2ccccc2)cc1. The third-order valence-electron chi connectivity index (χ3n) is 5.35. The van der Waals surface area contributed by atoms with Crippen LogP contribution in [0.2, 0.25) is 0 Å². The Morgan fingerprint density at radius 2 is 1.87 bits per heavy atom. The number of hydrogen-bond acceptors (Lipinski definition) is 4. The van der Waals surface area contributed by atoms with E-state index in [0.717, 1.165) is 22.3 Å². The van der Waals surface area contributed by atoms with Gasteiger partial charge in [-0.2, -0.15) is 0 Å². The van der Waals surface area contributed by atoms with Crippen LogP contribution >= 0.6 is 0 Å². The Kier molecular flexibility index (Phi) is 5.45. The normalized spacial score (nSPS) is 16.0. The van der Waals surface area contributed by atoms with Crippen LogP contribution in [0, 0.1) is 0 Å². The zero-order valence-corrected chi connectivity index (χ0v) is 16.2. The number of fused-ring (bicyclic) bond motifs is 1. The molecule has 1 aliphatic heterocycles. The molecule has 3 aromatic rings. The summed E-state index contributed by atoms with van der Waals surface area (Å²) in [5.41, 5.74) is 9.67. The van der Waals surface area contributed by atoms with Crippen molar-refractivity contribution in [1.82, 2.24) is 15.2 Å². The van der Waals surface area contributed by atoms with Crippen LogP contribution in [0.3, 0.4) is 0 Å². The standard InChI is InChI=1S/C23H22N4O3/c24-23(30)27-13-18-12-25-11-10-19(18)21(27)16-6-8-17(9-7-16)22(29)26-20(14-28)15-4-2-1-3-5-15/h1-12,20-21,28H,13-14H2,(H2,24,30)(H,26,29)/t20-,21?/m1/s1. The van der Waals surface area contributed by atoms with Crippen molar-refractivity contribution in [2.75, 3.05) is 6.61 Å². The quantitative estimate of drug-likeness (QED) is 0.609. The van der Waals surface area contributed by atoms with Gasteiger partial charge in [0.15, 0.2) is 0 Å². The van der Waals surface area contributed by atoms with E-state index in [2.05, 4.69) is 10.3 Å². The lowest BCUT2D eigenvalue weighted by molar-refractivity contribution is 0.0916. The first-order chi connectivity index (χ1) is 14.6. The molecule has 2 aromatic carbocycles. The monoisotopic (exact) mass is 402 g/mol.